The fourth-order valence-electron chi connectivity index (χ4n) is 1.97. The van der Waals surface area contributed by atoms with E-state index in [1.165, 1.54) is 19.2 Å². The molecule has 0 aliphatic rings. The van der Waals surface area contributed by atoms with Gasteiger partial charge in [-0.1, -0.05) is 35.3 Å². The molecule has 116 valence electrons. The quantitative estimate of drug-likeness (QED) is 0.872. The maximum absolute atomic E-state index is 12.3. The molecule has 6 heteroatoms. The van der Waals surface area contributed by atoms with Crippen LogP contribution in [0.15, 0.2) is 36.4 Å². The van der Waals surface area contributed by atoms with Crippen LogP contribution >= 0.6 is 23.2 Å². The summed E-state index contributed by atoms with van der Waals surface area (Å²) < 4.78 is 5.05. The maximum Gasteiger partial charge on any atom is 0.255 e. The first kappa shape index (κ1) is 16.6. The molecular weight excluding hydrogens is 325 g/mol. The summed E-state index contributed by atoms with van der Waals surface area (Å²) in [7, 11) is 1.45. The van der Waals surface area contributed by atoms with Gasteiger partial charge in [0.2, 0.25) is 0 Å². The first-order valence-corrected chi connectivity index (χ1v) is 7.30. The molecule has 0 aromatic heterocycles. The van der Waals surface area contributed by atoms with Crippen molar-refractivity contribution >= 4 is 34.8 Å². The van der Waals surface area contributed by atoms with E-state index in [-0.39, 0.29) is 16.0 Å². The Morgan fingerprint density at radius 3 is 2.41 bits per heavy atom. The van der Waals surface area contributed by atoms with Gasteiger partial charge in [0.05, 0.1) is 23.3 Å². The van der Waals surface area contributed by atoms with Crippen LogP contribution in [0.5, 0.6) is 5.75 Å². The average molecular weight is 340 g/mol. The van der Waals surface area contributed by atoms with E-state index >= 15 is 0 Å². The third-order valence-corrected chi connectivity index (χ3v) is 3.65. The van der Waals surface area contributed by atoms with Crippen LogP contribution in [-0.2, 0) is 0 Å². The van der Waals surface area contributed by atoms with Crippen molar-refractivity contribution in [1.29, 1.82) is 0 Å². The fraction of sp³-hybridized carbons (Fsp3) is 0.188. The number of ether oxygens (including phenoxy) is 1. The molecule has 1 amide bonds. The molecule has 0 saturated heterocycles. The van der Waals surface area contributed by atoms with Crippen LogP contribution in [0.4, 0.5) is 5.69 Å². The van der Waals surface area contributed by atoms with Crippen molar-refractivity contribution in [3.63, 3.8) is 0 Å². The van der Waals surface area contributed by atoms with Crippen molar-refractivity contribution in [3.05, 3.63) is 57.6 Å². The molecule has 2 aromatic rings. The van der Waals surface area contributed by atoms with E-state index in [2.05, 4.69) is 5.32 Å². The Hall–Kier alpha value is -1.75. The van der Waals surface area contributed by atoms with Gasteiger partial charge in [0, 0.05) is 11.3 Å². The zero-order valence-electron chi connectivity index (χ0n) is 12.1. The van der Waals surface area contributed by atoms with Crippen molar-refractivity contribution in [1.82, 2.24) is 0 Å². The molecule has 1 atom stereocenters. The van der Waals surface area contributed by atoms with E-state index in [0.717, 1.165) is 0 Å². The van der Waals surface area contributed by atoms with Gasteiger partial charge in [-0.15, -0.1) is 0 Å². The zero-order chi connectivity index (χ0) is 16.3. The van der Waals surface area contributed by atoms with E-state index in [4.69, 9.17) is 27.9 Å². The normalized spacial score (nSPS) is 11.9. The summed E-state index contributed by atoms with van der Waals surface area (Å²) in [6.45, 7) is 1.66. The Balaban J connectivity index is 2.24. The smallest absolute Gasteiger partial charge is 0.255 e. The second kappa shape index (κ2) is 7.01. The summed E-state index contributed by atoms with van der Waals surface area (Å²) in [5.41, 5.74) is 1.60. The zero-order valence-corrected chi connectivity index (χ0v) is 13.6. The highest BCUT2D eigenvalue weighted by molar-refractivity contribution is 6.37. The Morgan fingerprint density at radius 1 is 1.23 bits per heavy atom. The van der Waals surface area contributed by atoms with Gasteiger partial charge >= 0.3 is 0 Å². The Labute approximate surface area is 138 Å². The first-order valence-electron chi connectivity index (χ1n) is 6.54. The van der Waals surface area contributed by atoms with Crippen LogP contribution in [-0.4, -0.2) is 18.1 Å². The summed E-state index contributed by atoms with van der Waals surface area (Å²) in [5.74, 6) is -0.0230. The van der Waals surface area contributed by atoms with E-state index < -0.39 is 6.10 Å². The lowest BCUT2D eigenvalue weighted by Gasteiger charge is -2.11. The molecule has 0 bridgehead atoms. The summed E-state index contributed by atoms with van der Waals surface area (Å²) in [4.78, 5) is 12.3. The Kier molecular flexibility index (Phi) is 5.29. The fourth-order valence-corrected chi connectivity index (χ4v) is 2.61. The first-order chi connectivity index (χ1) is 10.4. The molecule has 0 fully saturated rings. The number of methoxy groups -OCH3 is 1. The van der Waals surface area contributed by atoms with Crippen molar-refractivity contribution in [2.24, 2.45) is 0 Å². The molecule has 2 aromatic carbocycles. The van der Waals surface area contributed by atoms with Gasteiger partial charge < -0.3 is 15.2 Å². The minimum atomic E-state index is -0.610. The molecule has 0 radical (unpaired) electrons. The third kappa shape index (κ3) is 3.71. The molecular formula is C16H15Cl2NO3. The lowest BCUT2D eigenvalue weighted by molar-refractivity contribution is 0.102. The molecule has 0 unspecified atom stereocenters. The predicted molar refractivity (Wildman–Crippen MR) is 88.0 cm³/mol. The third-order valence-electron chi connectivity index (χ3n) is 3.09. The lowest BCUT2D eigenvalue weighted by Crippen LogP contribution is -2.12. The van der Waals surface area contributed by atoms with Gasteiger partial charge in [0.25, 0.3) is 5.91 Å². The van der Waals surface area contributed by atoms with E-state index in [0.29, 0.717) is 22.6 Å². The van der Waals surface area contributed by atoms with Crippen molar-refractivity contribution in [2.75, 3.05) is 12.4 Å². The Bertz CT molecular complexity index is 679. The highest BCUT2D eigenvalue weighted by atomic mass is 35.5. The largest absolute Gasteiger partial charge is 0.494 e. The number of carbonyl (C=O) groups is 1. The van der Waals surface area contributed by atoms with Crippen LogP contribution in [0, 0.1) is 0 Å². The SMILES string of the molecule is COc1c(Cl)cc(C(=O)Nc2cccc([C@H](C)O)c2)cc1Cl. The molecule has 22 heavy (non-hydrogen) atoms. The summed E-state index contributed by atoms with van der Waals surface area (Å²) in [5, 5.41) is 12.8. The number of carbonyl (C=O) groups excluding carboxylic acids is 1. The van der Waals surface area contributed by atoms with Gasteiger partial charge in [0.1, 0.15) is 0 Å². The average Bonchev–Trinajstić information content (AvgIpc) is 2.47. The number of benzene rings is 2. The van der Waals surface area contributed by atoms with E-state index in [1.807, 2.05) is 0 Å². The molecule has 0 saturated carbocycles. The van der Waals surface area contributed by atoms with Gasteiger partial charge in [-0.25, -0.2) is 0 Å². The number of hydrogen-bond donors (Lipinski definition) is 2. The number of halogens is 2. The Morgan fingerprint density at radius 2 is 1.86 bits per heavy atom. The van der Waals surface area contributed by atoms with Gasteiger partial charge in [-0.2, -0.15) is 0 Å². The summed E-state index contributed by atoms with van der Waals surface area (Å²) >= 11 is 12.1. The second-order valence-electron chi connectivity index (χ2n) is 4.73. The van der Waals surface area contributed by atoms with E-state index in [1.54, 1.807) is 31.2 Å². The highest BCUT2D eigenvalue weighted by Crippen LogP contribution is 2.34. The molecule has 0 heterocycles. The molecule has 2 rings (SSSR count). The molecule has 0 spiro atoms. The number of amides is 1. The van der Waals surface area contributed by atoms with E-state index in [9.17, 15) is 9.90 Å². The van der Waals surface area contributed by atoms with Crippen LogP contribution in [0.3, 0.4) is 0 Å². The predicted octanol–water partition coefficient (Wildman–Crippen LogP) is 4.31. The highest BCUT2D eigenvalue weighted by Gasteiger charge is 2.14. The number of rotatable bonds is 4. The van der Waals surface area contributed by atoms with Gasteiger partial charge in [0.15, 0.2) is 5.75 Å². The topological polar surface area (TPSA) is 58.6 Å². The van der Waals surface area contributed by atoms with Crippen molar-refractivity contribution < 1.29 is 14.6 Å². The van der Waals surface area contributed by atoms with Crippen LogP contribution in [0.1, 0.15) is 28.9 Å². The molecule has 4 nitrogen and oxygen atoms in total. The number of hydrogen-bond acceptors (Lipinski definition) is 3. The number of aliphatic hydroxyl groups excluding tert-OH is 1. The minimum Gasteiger partial charge on any atom is -0.494 e. The van der Waals surface area contributed by atoms with Gasteiger partial charge in [-0.3, -0.25) is 4.79 Å². The molecule has 2 N–H and O–H groups in total. The number of aliphatic hydroxyl groups is 1. The molecule has 0 aliphatic carbocycles. The monoisotopic (exact) mass is 339 g/mol. The van der Waals surface area contributed by atoms with Crippen molar-refractivity contribution in [2.45, 2.75) is 13.0 Å². The lowest BCUT2D eigenvalue weighted by atomic mass is 10.1. The van der Waals surface area contributed by atoms with Crippen LogP contribution in [0.25, 0.3) is 0 Å². The van der Waals surface area contributed by atoms with Crippen LogP contribution < -0.4 is 10.1 Å². The van der Waals surface area contributed by atoms with Crippen LogP contribution in [0.2, 0.25) is 10.0 Å². The van der Waals surface area contributed by atoms with Gasteiger partial charge in [-0.05, 0) is 36.8 Å². The number of nitrogens with one attached hydrogen (secondary N) is 1. The second-order valence-corrected chi connectivity index (χ2v) is 5.54. The summed E-state index contributed by atoms with van der Waals surface area (Å²) in [6, 6.07) is 9.94. The minimum absolute atomic E-state index is 0.262. The number of anilines is 1. The summed E-state index contributed by atoms with van der Waals surface area (Å²) in [6.07, 6.45) is -0.610. The molecule has 0 aliphatic heterocycles. The maximum atomic E-state index is 12.3. The van der Waals surface area contributed by atoms with Crippen molar-refractivity contribution in [3.8, 4) is 5.75 Å². The standard InChI is InChI=1S/C16H15Cl2NO3/c1-9(20)10-4-3-5-12(6-10)19-16(21)11-7-13(17)15(22-2)14(18)8-11/h3-9,20H,1-2H3,(H,19,21)/t9-/m0/s1.